The summed E-state index contributed by atoms with van der Waals surface area (Å²) in [4.78, 5) is 20.0. The van der Waals surface area contributed by atoms with Crippen molar-refractivity contribution < 1.29 is 14.6 Å². The number of amides is 1. The fourth-order valence-corrected chi connectivity index (χ4v) is 4.58. The fourth-order valence-electron chi connectivity index (χ4n) is 4.58. The van der Waals surface area contributed by atoms with Gasteiger partial charge in [-0.15, -0.1) is 0 Å². The third kappa shape index (κ3) is 4.05. The number of benzene rings is 3. The van der Waals surface area contributed by atoms with Crippen LogP contribution < -0.4 is 4.74 Å². The summed E-state index contributed by atoms with van der Waals surface area (Å²) in [5.74, 6) is 1.69. The molecule has 1 amide bonds. The average Bonchev–Trinajstić information content (AvgIpc) is 3.03. The van der Waals surface area contributed by atoms with E-state index in [4.69, 9.17) is 9.72 Å². The first kappa shape index (κ1) is 22.2. The van der Waals surface area contributed by atoms with Gasteiger partial charge in [0.15, 0.2) is 0 Å². The first-order valence-electron chi connectivity index (χ1n) is 11.7. The Balaban J connectivity index is 1.44. The van der Waals surface area contributed by atoms with Crippen LogP contribution in [0.3, 0.4) is 0 Å². The minimum absolute atomic E-state index is 0.0555. The van der Waals surface area contributed by atoms with Crippen LogP contribution in [-0.2, 0) is 6.54 Å². The molecule has 2 heterocycles. The summed E-state index contributed by atoms with van der Waals surface area (Å²) in [6.45, 7) is 7.29. The van der Waals surface area contributed by atoms with Crippen molar-refractivity contribution in [2.75, 3.05) is 13.2 Å². The van der Waals surface area contributed by atoms with Crippen LogP contribution in [0.4, 0.5) is 0 Å². The molecule has 0 bridgehead atoms. The molecule has 4 aromatic rings. The topological polar surface area (TPSA) is 67.6 Å². The highest BCUT2D eigenvalue weighted by atomic mass is 16.5. The van der Waals surface area contributed by atoms with Crippen molar-refractivity contribution in [2.24, 2.45) is 5.92 Å². The van der Waals surface area contributed by atoms with Gasteiger partial charge in [-0.25, -0.2) is 4.98 Å². The quantitative estimate of drug-likeness (QED) is 0.467. The molecule has 1 aliphatic rings. The number of carbonyl (C=O) groups is 1. The maximum atomic E-state index is 13.5. The predicted octanol–water partition coefficient (Wildman–Crippen LogP) is 5.06. The van der Waals surface area contributed by atoms with Crippen molar-refractivity contribution in [3.63, 3.8) is 0 Å². The smallest absolute Gasteiger partial charge is 0.254 e. The Morgan fingerprint density at radius 1 is 1.06 bits per heavy atom. The lowest BCUT2D eigenvalue weighted by atomic mass is 9.97. The molecule has 0 spiro atoms. The highest BCUT2D eigenvalue weighted by Gasteiger charge is 2.23. The van der Waals surface area contributed by atoms with Crippen molar-refractivity contribution in [3.05, 3.63) is 89.2 Å². The zero-order chi connectivity index (χ0) is 23.8. The molecule has 34 heavy (non-hydrogen) atoms. The maximum Gasteiger partial charge on any atom is 0.254 e. The Labute approximate surface area is 199 Å². The molecule has 1 N–H and O–H groups in total. The van der Waals surface area contributed by atoms with Crippen LogP contribution in [-0.4, -0.2) is 38.6 Å². The molecule has 1 atom stereocenters. The van der Waals surface area contributed by atoms with E-state index in [1.165, 1.54) is 0 Å². The molecule has 174 valence electrons. The second-order valence-electron chi connectivity index (χ2n) is 9.16. The van der Waals surface area contributed by atoms with Gasteiger partial charge in [0.1, 0.15) is 18.2 Å². The summed E-state index contributed by atoms with van der Waals surface area (Å²) in [6, 6.07) is 21.6. The van der Waals surface area contributed by atoms with Crippen LogP contribution in [0.25, 0.3) is 16.7 Å². The summed E-state index contributed by atoms with van der Waals surface area (Å²) in [5, 5.41) is 10.5. The number of aromatic nitrogens is 2. The molecule has 0 aliphatic carbocycles. The molecule has 1 aliphatic heterocycles. The number of aliphatic hydroxyl groups is 1. The van der Waals surface area contributed by atoms with Gasteiger partial charge in [0.05, 0.1) is 23.7 Å². The van der Waals surface area contributed by atoms with Crippen molar-refractivity contribution >= 4 is 16.9 Å². The zero-order valence-corrected chi connectivity index (χ0v) is 19.7. The van der Waals surface area contributed by atoms with Crippen LogP contribution in [0.15, 0.2) is 66.7 Å². The number of aliphatic hydroxyl groups excluding tert-OH is 1. The van der Waals surface area contributed by atoms with Gasteiger partial charge in [-0.2, -0.15) is 0 Å². The number of rotatable bonds is 4. The van der Waals surface area contributed by atoms with Gasteiger partial charge in [0, 0.05) is 23.4 Å². The summed E-state index contributed by atoms with van der Waals surface area (Å²) in [7, 11) is 0. The van der Waals surface area contributed by atoms with E-state index < -0.39 is 6.10 Å². The first-order valence-corrected chi connectivity index (χ1v) is 11.7. The number of aryl methyl sites for hydroxylation is 1. The number of carbonyl (C=O) groups excluding carboxylic acids is 1. The third-order valence-corrected chi connectivity index (χ3v) is 6.41. The van der Waals surface area contributed by atoms with Crippen LogP contribution in [0.1, 0.15) is 47.3 Å². The largest absolute Gasteiger partial charge is 0.491 e. The van der Waals surface area contributed by atoms with Gasteiger partial charge in [0.25, 0.3) is 5.91 Å². The Bertz CT molecular complexity index is 1340. The lowest BCUT2D eigenvalue weighted by Crippen LogP contribution is -2.32. The van der Waals surface area contributed by atoms with Gasteiger partial charge in [-0.1, -0.05) is 38.1 Å². The van der Waals surface area contributed by atoms with Crippen molar-refractivity contribution in [3.8, 4) is 11.4 Å². The van der Waals surface area contributed by atoms with E-state index in [2.05, 4.69) is 4.57 Å². The van der Waals surface area contributed by atoms with Gasteiger partial charge >= 0.3 is 0 Å². The molecule has 0 saturated carbocycles. The fraction of sp³-hybridized carbons (Fsp3) is 0.286. The molecule has 0 fully saturated rings. The third-order valence-electron chi connectivity index (χ3n) is 6.41. The number of nitrogens with zero attached hydrogens (tertiary/aromatic N) is 3. The van der Waals surface area contributed by atoms with E-state index >= 15 is 0 Å². The van der Waals surface area contributed by atoms with E-state index in [-0.39, 0.29) is 11.8 Å². The highest BCUT2D eigenvalue weighted by molar-refractivity contribution is 5.97. The van der Waals surface area contributed by atoms with E-state index in [0.29, 0.717) is 25.3 Å². The minimum atomic E-state index is -0.553. The lowest BCUT2D eigenvalue weighted by molar-refractivity contribution is 0.0733. The molecule has 0 saturated heterocycles. The van der Waals surface area contributed by atoms with E-state index in [1.807, 2.05) is 87.5 Å². The Morgan fingerprint density at radius 2 is 1.85 bits per heavy atom. The molecule has 6 nitrogen and oxygen atoms in total. The van der Waals surface area contributed by atoms with E-state index in [0.717, 1.165) is 39.4 Å². The van der Waals surface area contributed by atoms with E-state index in [9.17, 15) is 9.90 Å². The monoisotopic (exact) mass is 455 g/mol. The predicted molar refractivity (Wildman–Crippen MR) is 132 cm³/mol. The summed E-state index contributed by atoms with van der Waals surface area (Å²) < 4.78 is 8.01. The maximum absolute atomic E-state index is 13.5. The normalized spacial score (nSPS) is 14.6. The zero-order valence-electron chi connectivity index (χ0n) is 19.7. The number of ether oxygens (including phenoxy) is 1. The van der Waals surface area contributed by atoms with Gasteiger partial charge < -0.3 is 14.7 Å². The number of imidazole rings is 1. The minimum Gasteiger partial charge on any atom is -0.491 e. The van der Waals surface area contributed by atoms with Gasteiger partial charge in [0.2, 0.25) is 0 Å². The standard InChI is InChI=1S/C28H29N3O3/c1-18(2)27(32)20-10-12-26-22(15-20)17-30(13-14-34-26)28(33)21-9-11-25-24(16-21)29-19(3)31(25)23-7-5-4-6-8-23/h4-12,15-16,18,27,32H,13-14,17H2,1-3H3. The van der Waals surface area contributed by atoms with Crippen LogP contribution in [0.5, 0.6) is 5.75 Å². The van der Waals surface area contributed by atoms with Crippen molar-refractivity contribution in [1.29, 1.82) is 0 Å². The molecule has 1 aromatic heterocycles. The molecular formula is C28H29N3O3. The number of hydrogen-bond donors (Lipinski definition) is 1. The molecular weight excluding hydrogens is 426 g/mol. The van der Waals surface area contributed by atoms with Crippen LogP contribution in [0.2, 0.25) is 0 Å². The number of hydrogen-bond acceptors (Lipinski definition) is 4. The van der Waals surface area contributed by atoms with Crippen molar-refractivity contribution in [1.82, 2.24) is 14.5 Å². The van der Waals surface area contributed by atoms with Gasteiger partial charge in [-0.3, -0.25) is 9.36 Å². The average molecular weight is 456 g/mol. The molecule has 1 unspecified atom stereocenters. The lowest BCUT2D eigenvalue weighted by Gasteiger charge is -2.21. The van der Waals surface area contributed by atoms with E-state index in [1.54, 1.807) is 4.90 Å². The number of para-hydroxylation sites is 1. The molecule has 5 rings (SSSR count). The summed E-state index contributed by atoms with van der Waals surface area (Å²) in [6.07, 6.45) is -0.553. The molecule has 6 heteroatoms. The van der Waals surface area contributed by atoms with Crippen molar-refractivity contribution in [2.45, 2.75) is 33.4 Å². The summed E-state index contributed by atoms with van der Waals surface area (Å²) in [5.41, 5.74) is 5.16. The molecule has 3 aromatic carbocycles. The second kappa shape index (κ2) is 8.95. The highest BCUT2D eigenvalue weighted by Crippen LogP contribution is 2.30. The Hall–Kier alpha value is -3.64. The number of fused-ring (bicyclic) bond motifs is 2. The Morgan fingerprint density at radius 3 is 2.62 bits per heavy atom. The summed E-state index contributed by atoms with van der Waals surface area (Å²) >= 11 is 0. The van der Waals surface area contributed by atoms with Crippen LogP contribution >= 0.6 is 0 Å². The van der Waals surface area contributed by atoms with Gasteiger partial charge in [-0.05, 0) is 60.9 Å². The van der Waals surface area contributed by atoms with Crippen LogP contribution in [0, 0.1) is 12.8 Å². The molecule has 0 radical (unpaired) electrons. The first-order chi connectivity index (χ1) is 16.4. The second-order valence-corrected chi connectivity index (χ2v) is 9.16. The Kier molecular flexibility index (Phi) is 5.84. The SMILES string of the molecule is Cc1nc2cc(C(=O)N3CCOc4ccc(C(O)C(C)C)cc4C3)ccc2n1-c1ccccc1.